The van der Waals surface area contributed by atoms with Crippen molar-refractivity contribution < 1.29 is 8.78 Å². The molecule has 21 heavy (non-hydrogen) atoms. The molecule has 1 unspecified atom stereocenters. The SMILES string of the molecule is FC(F)CN1CC(C2CCCCC2)NCc2ccccc21. The van der Waals surface area contributed by atoms with Crippen molar-refractivity contribution >= 4 is 5.69 Å². The predicted octanol–water partition coefficient (Wildman–Crippen LogP) is 3.81. The van der Waals surface area contributed by atoms with Gasteiger partial charge in [-0.1, -0.05) is 37.5 Å². The molecule has 4 heteroatoms. The first kappa shape index (κ1) is 14.8. The summed E-state index contributed by atoms with van der Waals surface area (Å²) in [5, 5.41) is 3.62. The van der Waals surface area contributed by atoms with Crippen LogP contribution in [0.4, 0.5) is 14.5 Å². The quantitative estimate of drug-likeness (QED) is 0.912. The molecule has 1 aliphatic heterocycles. The molecule has 1 aromatic rings. The molecule has 116 valence electrons. The number of halogens is 2. The van der Waals surface area contributed by atoms with Crippen LogP contribution in [-0.4, -0.2) is 25.6 Å². The van der Waals surface area contributed by atoms with Crippen LogP contribution < -0.4 is 10.2 Å². The Morgan fingerprint density at radius 1 is 1.14 bits per heavy atom. The summed E-state index contributed by atoms with van der Waals surface area (Å²) in [7, 11) is 0. The Morgan fingerprint density at radius 2 is 1.90 bits per heavy atom. The smallest absolute Gasteiger partial charge is 0.255 e. The Bertz CT molecular complexity index is 458. The monoisotopic (exact) mass is 294 g/mol. The van der Waals surface area contributed by atoms with Crippen LogP contribution in [0.1, 0.15) is 37.7 Å². The van der Waals surface area contributed by atoms with E-state index in [1.807, 2.05) is 29.2 Å². The minimum atomic E-state index is -2.29. The molecule has 1 fully saturated rings. The maximum Gasteiger partial charge on any atom is 0.255 e. The lowest BCUT2D eigenvalue weighted by Gasteiger charge is -2.33. The minimum absolute atomic E-state index is 0.165. The van der Waals surface area contributed by atoms with E-state index in [9.17, 15) is 8.78 Å². The molecular weight excluding hydrogens is 270 g/mol. The Morgan fingerprint density at radius 3 is 2.67 bits per heavy atom. The van der Waals surface area contributed by atoms with Gasteiger partial charge in [-0.15, -0.1) is 0 Å². The summed E-state index contributed by atoms with van der Waals surface area (Å²) in [6.07, 6.45) is 4.06. The minimum Gasteiger partial charge on any atom is -0.364 e. The van der Waals surface area contributed by atoms with Crippen LogP contribution in [0, 0.1) is 5.92 Å². The third-order valence-corrected chi connectivity index (χ3v) is 4.88. The van der Waals surface area contributed by atoms with E-state index < -0.39 is 6.43 Å². The molecule has 1 aliphatic carbocycles. The summed E-state index contributed by atoms with van der Waals surface area (Å²) in [6, 6.07) is 8.28. The largest absolute Gasteiger partial charge is 0.364 e. The van der Waals surface area contributed by atoms with Gasteiger partial charge in [0, 0.05) is 24.8 Å². The molecule has 0 saturated heterocycles. The van der Waals surface area contributed by atoms with Crippen LogP contribution in [0.3, 0.4) is 0 Å². The van der Waals surface area contributed by atoms with Gasteiger partial charge < -0.3 is 10.2 Å². The van der Waals surface area contributed by atoms with Crippen molar-refractivity contribution in [2.24, 2.45) is 5.92 Å². The highest BCUT2D eigenvalue weighted by Crippen LogP contribution is 2.31. The lowest BCUT2D eigenvalue weighted by atomic mass is 9.83. The van der Waals surface area contributed by atoms with E-state index in [0.717, 1.165) is 17.8 Å². The zero-order valence-corrected chi connectivity index (χ0v) is 12.4. The van der Waals surface area contributed by atoms with Crippen LogP contribution in [0.5, 0.6) is 0 Å². The lowest BCUT2D eigenvalue weighted by molar-refractivity contribution is 0.152. The summed E-state index contributed by atoms with van der Waals surface area (Å²) in [5.41, 5.74) is 2.11. The number of para-hydroxylation sites is 1. The van der Waals surface area contributed by atoms with Gasteiger partial charge in [-0.25, -0.2) is 8.78 Å². The number of hydrogen-bond donors (Lipinski definition) is 1. The number of alkyl halides is 2. The molecule has 1 heterocycles. The highest BCUT2D eigenvalue weighted by atomic mass is 19.3. The molecule has 1 N–H and O–H groups in total. The molecule has 1 atom stereocenters. The molecule has 0 spiro atoms. The fourth-order valence-corrected chi connectivity index (χ4v) is 3.80. The van der Waals surface area contributed by atoms with Gasteiger partial charge in [0.25, 0.3) is 6.43 Å². The van der Waals surface area contributed by atoms with Crippen LogP contribution in [-0.2, 0) is 6.54 Å². The number of fused-ring (bicyclic) bond motifs is 1. The summed E-state index contributed by atoms with van der Waals surface area (Å²) >= 11 is 0. The van der Waals surface area contributed by atoms with E-state index in [0.29, 0.717) is 18.5 Å². The fourth-order valence-electron chi connectivity index (χ4n) is 3.80. The number of rotatable bonds is 3. The second-order valence-electron chi connectivity index (χ2n) is 6.31. The Balaban J connectivity index is 1.79. The third kappa shape index (κ3) is 3.54. The normalized spacial score (nSPS) is 24.0. The van der Waals surface area contributed by atoms with E-state index in [1.165, 1.54) is 32.1 Å². The fraction of sp³-hybridized carbons (Fsp3) is 0.647. The van der Waals surface area contributed by atoms with Gasteiger partial charge in [0.2, 0.25) is 0 Å². The van der Waals surface area contributed by atoms with E-state index in [2.05, 4.69) is 5.32 Å². The molecule has 2 aliphatic rings. The maximum absolute atomic E-state index is 13.0. The van der Waals surface area contributed by atoms with Crippen molar-refractivity contribution in [2.75, 3.05) is 18.0 Å². The third-order valence-electron chi connectivity index (χ3n) is 4.88. The standard InChI is InChI=1S/C17H24F2N2/c18-17(19)12-21-11-15(13-6-2-1-3-7-13)20-10-14-8-4-5-9-16(14)21/h4-5,8-9,13,15,17,20H,1-3,6-7,10-12H2. The second-order valence-corrected chi connectivity index (χ2v) is 6.31. The Labute approximate surface area is 125 Å². The van der Waals surface area contributed by atoms with Gasteiger partial charge in [0.1, 0.15) is 0 Å². The molecular formula is C17H24F2N2. The lowest BCUT2D eigenvalue weighted by Crippen LogP contribution is -2.45. The summed E-state index contributed by atoms with van der Waals surface area (Å²) in [4.78, 5) is 1.89. The van der Waals surface area contributed by atoms with E-state index in [1.54, 1.807) is 0 Å². The van der Waals surface area contributed by atoms with Crippen molar-refractivity contribution in [3.05, 3.63) is 29.8 Å². The Kier molecular flexibility index (Phi) is 4.73. The number of benzene rings is 1. The van der Waals surface area contributed by atoms with E-state index in [4.69, 9.17) is 0 Å². The predicted molar refractivity (Wildman–Crippen MR) is 81.9 cm³/mol. The van der Waals surface area contributed by atoms with Gasteiger partial charge in [0.05, 0.1) is 6.54 Å². The first-order chi connectivity index (χ1) is 10.2. The number of nitrogens with zero attached hydrogens (tertiary/aromatic N) is 1. The topological polar surface area (TPSA) is 15.3 Å². The molecule has 3 rings (SSSR count). The van der Waals surface area contributed by atoms with Crippen LogP contribution >= 0.6 is 0 Å². The molecule has 1 aromatic carbocycles. The maximum atomic E-state index is 13.0. The second kappa shape index (κ2) is 6.73. The van der Waals surface area contributed by atoms with Crippen molar-refractivity contribution in [1.82, 2.24) is 5.32 Å². The summed E-state index contributed by atoms with van der Waals surface area (Å²) in [5.74, 6) is 0.633. The van der Waals surface area contributed by atoms with Gasteiger partial charge in [0.15, 0.2) is 0 Å². The van der Waals surface area contributed by atoms with Crippen molar-refractivity contribution in [2.45, 2.75) is 51.1 Å². The number of anilines is 1. The van der Waals surface area contributed by atoms with Crippen LogP contribution in [0.25, 0.3) is 0 Å². The zero-order chi connectivity index (χ0) is 14.7. The average Bonchev–Trinajstić information content (AvgIpc) is 2.68. The molecule has 0 bridgehead atoms. The Hall–Kier alpha value is -1.16. The molecule has 0 amide bonds. The van der Waals surface area contributed by atoms with Crippen LogP contribution in [0.2, 0.25) is 0 Å². The average molecular weight is 294 g/mol. The van der Waals surface area contributed by atoms with Gasteiger partial charge in [-0.05, 0) is 30.4 Å². The van der Waals surface area contributed by atoms with Gasteiger partial charge >= 0.3 is 0 Å². The van der Waals surface area contributed by atoms with Crippen molar-refractivity contribution in [3.8, 4) is 0 Å². The molecule has 1 saturated carbocycles. The van der Waals surface area contributed by atoms with E-state index >= 15 is 0 Å². The first-order valence-corrected chi connectivity index (χ1v) is 8.08. The van der Waals surface area contributed by atoms with Crippen molar-refractivity contribution in [1.29, 1.82) is 0 Å². The highest BCUT2D eigenvalue weighted by Gasteiger charge is 2.29. The van der Waals surface area contributed by atoms with Crippen molar-refractivity contribution in [3.63, 3.8) is 0 Å². The first-order valence-electron chi connectivity index (χ1n) is 8.08. The molecule has 0 aromatic heterocycles. The highest BCUT2D eigenvalue weighted by molar-refractivity contribution is 5.54. The number of nitrogens with one attached hydrogen (secondary N) is 1. The number of hydrogen-bond acceptors (Lipinski definition) is 2. The van der Waals surface area contributed by atoms with E-state index in [-0.39, 0.29) is 6.54 Å². The summed E-state index contributed by atoms with van der Waals surface area (Å²) in [6.45, 7) is 1.32. The van der Waals surface area contributed by atoms with Gasteiger partial charge in [-0.2, -0.15) is 0 Å². The molecule has 2 nitrogen and oxygen atoms in total. The van der Waals surface area contributed by atoms with Gasteiger partial charge in [-0.3, -0.25) is 0 Å². The summed E-state index contributed by atoms with van der Waals surface area (Å²) < 4.78 is 25.9. The van der Waals surface area contributed by atoms with Crippen LogP contribution in [0.15, 0.2) is 24.3 Å². The molecule has 0 radical (unpaired) electrons. The zero-order valence-electron chi connectivity index (χ0n) is 12.4.